The average molecular weight is 462 g/mol. The smallest absolute Gasteiger partial charge is 0.296 e. The molecule has 0 atom stereocenters. The number of pyridine rings is 1. The number of hydrogen-bond acceptors (Lipinski definition) is 4. The molecule has 0 radical (unpaired) electrons. The zero-order chi connectivity index (χ0) is 23.5. The van der Waals surface area contributed by atoms with Crippen LogP contribution in [0.25, 0.3) is 10.9 Å². The number of methoxy groups -OCH3 is 1. The number of aromatic nitrogens is 2. The van der Waals surface area contributed by atoms with Crippen molar-refractivity contribution in [1.29, 1.82) is 0 Å². The number of benzene rings is 2. The van der Waals surface area contributed by atoms with E-state index in [4.69, 9.17) is 16.3 Å². The molecule has 6 nitrogen and oxygen atoms in total. The number of nitrogens with one attached hydrogen (secondary N) is 1. The first-order valence-corrected chi connectivity index (χ1v) is 11.0. The molecule has 1 amide bonds. The van der Waals surface area contributed by atoms with Gasteiger partial charge in [0, 0.05) is 34.4 Å². The topological polar surface area (TPSA) is 73.2 Å². The van der Waals surface area contributed by atoms with Crippen LogP contribution in [0.1, 0.15) is 41.4 Å². The third kappa shape index (κ3) is 4.61. The van der Waals surface area contributed by atoms with Gasteiger partial charge in [0.2, 0.25) is 0 Å². The zero-order valence-corrected chi connectivity index (χ0v) is 19.4. The Kier molecular flexibility index (Phi) is 6.47. The molecule has 0 fully saturated rings. The lowest BCUT2D eigenvalue weighted by Crippen LogP contribution is -2.24. The first-order chi connectivity index (χ1) is 15.9. The number of halogens is 1. The number of ether oxygens (including phenoxy) is 1. The Balaban J connectivity index is 1.86. The van der Waals surface area contributed by atoms with Gasteiger partial charge in [-0.25, -0.2) is 0 Å². The highest BCUT2D eigenvalue weighted by molar-refractivity contribution is 6.48. The van der Waals surface area contributed by atoms with E-state index in [2.05, 4.69) is 14.9 Å². The lowest BCUT2D eigenvalue weighted by Gasteiger charge is -2.15. The maximum atomic E-state index is 13.5. The van der Waals surface area contributed by atoms with Gasteiger partial charge in [0.25, 0.3) is 11.7 Å². The summed E-state index contributed by atoms with van der Waals surface area (Å²) in [7, 11) is 1.58. The summed E-state index contributed by atoms with van der Waals surface area (Å²) in [5, 5.41) is 4.00. The molecule has 7 heteroatoms. The van der Waals surface area contributed by atoms with Crippen molar-refractivity contribution in [3.05, 3.63) is 88.8 Å². The fourth-order valence-corrected chi connectivity index (χ4v) is 4.13. The average Bonchev–Trinajstić information content (AvgIpc) is 3.14. The predicted octanol–water partition coefficient (Wildman–Crippen LogP) is 5.69. The third-order valence-electron chi connectivity index (χ3n) is 5.46. The number of ketones is 1. The van der Waals surface area contributed by atoms with Crippen LogP contribution in [0, 0.1) is 0 Å². The Morgan fingerprint density at radius 3 is 2.52 bits per heavy atom. The van der Waals surface area contributed by atoms with E-state index in [1.165, 1.54) is 6.20 Å². The van der Waals surface area contributed by atoms with Crippen molar-refractivity contribution < 1.29 is 14.3 Å². The maximum absolute atomic E-state index is 13.5. The minimum Gasteiger partial charge on any atom is -0.497 e. The van der Waals surface area contributed by atoms with E-state index in [0.29, 0.717) is 34.0 Å². The molecule has 4 rings (SSSR count). The van der Waals surface area contributed by atoms with Gasteiger partial charge in [0.15, 0.2) is 0 Å². The molecule has 0 saturated heterocycles. The predicted molar refractivity (Wildman–Crippen MR) is 130 cm³/mol. The van der Waals surface area contributed by atoms with Crippen LogP contribution in [-0.2, 0) is 11.3 Å². The number of carbonyl (C=O) groups excluding carboxylic acids is 2. The number of amides is 1. The first-order valence-electron chi connectivity index (χ1n) is 10.6. The fourth-order valence-electron chi connectivity index (χ4n) is 4.00. The number of carbonyl (C=O) groups is 2. The van der Waals surface area contributed by atoms with E-state index in [-0.39, 0.29) is 5.92 Å². The number of Topliss-reactive ketones (excluding diaryl/α,β-unsaturated/α-hetero) is 1. The van der Waals surface area contributed by atoms with E-state index in [0.717, 1.165) is 16.8 Å². The molecule has 168 valence electrons. The SMILES string of the molecule is COc1ccc2c(c1)c(C(=O)C(=O)Nc1cccnc1)c(C(C)C)n2Cc1ccc(Cl)cc1. The van der Waals surface area contributed by atoms with Crippen molar-refractivity contribution in [2.24, 2.45) is 0 Å². The molecule has 4 aromatic rings. The molecule has 0 saturated carbocycles. The molecule has 2 aromatic carbocycles. The molecular weight excluding hydrogens is 438 g/mol. The van der Waals surface area contributed by atoms with Crippen LogP contribution in [0.5, 0.6) is 5.75 Å². The van der Waals surface area contributed by atoms with Crippen LogP contribution < -0.4 is 10.1 Å². The van der Waals surface area contributed by atoms with Gasteiger partial charge in [-0.2, -0.15) is 0 Å². The minimum atomic E-state index is -0.710. The standard InChI is InChI=1S/C26H24ClN3O3/c1-16(2)24-23(25(31)26(32)29-19-5-4-12-28-14-19)21-13-20(33-3)10-11-22(21)30(24)15-17-6-8-18(27)9-7-17/h4-14,16H,15H2,1-3H3,(H,29,32). The summed E-state index contributed by atoms with van der Waals surface area (Å²) in [5.41, 5.74) is 3.53. The van der Waals surface area contributed by atoms with Crippen LogP contribution in [0.15, 0.2) is 67.0 Å². The van der Waals surface area contributed by atoms with Gasteiger partial charge in [-0.15, -0.1) is 0 Å². The van der Waals surface area contributed by atoms with Crippen LogP contribution in [0.2, 0.25) is 5.02 Å². The van der Waals surface area contributed by atoms with Crippen molar-refractivity contribution in [2.75, 3.05) is 12.4 Å². The van der Waals surface area contributed by atoms with E-state index >= 15 is 0 Å². The number of anilines is 1. The number of fused-ring (bicyclic) bond motifs is 1. The molecule has 2 heterocycles. The van der Waals surface area contributed by atoms with Crippen molar-refractivity contribution >= 4 is 39.9 Å². The molecule has 33 heavy (non-hydrogen) atoms. The highest BCUT2D eigenvalue weighted by atomic mass is 35.5. The quantitative estimate of drug-likeness (QED) is 0.283. The highest BCUT2D eigenvalue weighted by Crippen LogP contribution is 2.35. The Bertz CT molecular complexity index is 1310. The second-order valence-corrected chi connectivity index (χ2v) is 8.47. The second kappa shape index (κ2) is 9.46. The van der Waals surface area contributed by atoms with Crippen LogP contribution >= 0.6 is 11.6 Å². The molecule has 0 bridgehead atoms. The lowest BCUT2D eigenvalue weighted by atomic mass is 9.99. The molecule has 0 unspecified atom stereocenters. The summed E-state index contributed by atoms with van der Waals surface area (Å²) >= 11 is 6.06. The summed E-state index contributed by atoms with van der Waals surface area (Å²) in [4.78, 5) is 30.4. The summed E-state index contributed by atoms with van der Waals surface area (Å²) in [6, 6.07) is 16.6. The van der Waals surface area contributed by atoms with Gasteiger partial charge in [0.05, 0.1) is 24.6 Å². The summed E-state index contributed by atoms with van der Waals surface area (Å²) in [6.45, 7) is 4.56. The monoisotopic (exact) mass is 461 g/mol. The number of nitrogens with zero attached hydrogens (tertiary/aromatic N) is 2. The second-order valence-electron chi connectivity index (χ2n) is 8.04. The normalized spacial score (nSPS) is 11.1. The molecule has 2 aromatic heterocycles. The largest absolute Gasteiger partial charge is 0.497 e. The van der Waals surface area contributed by atoms with E-state index in [1.807, 2.05) is 56.3 Å². The van der Waals surface area contributed by atoms with Crippen LogP contribution in [-0.4, -0.2) is 28.4 Å². The van der Waals surface area contributed by atoms with Crippen molar-refractivity contribution in [2.45, 2.75) is 26.3 Å². The van der Waals surface area contributed by atoms with Gasteiger partial charge >= 0.3 is 0 Å². The third-order valence-corrected chi connectivity index (χ3v) is 5.72. The molecular formula is C26H24ClN3O3. The number of rotatable bonds is 7. The fraction of sp³-hybridized carbons (Fsp3) is 0.192. The molecule has 0 aliphatic heterocycles. The van der Waals surface area contributed by atoms with Crippen LogP contribution in [0.4, 0.5) is 5.69 Å². The van der Waals surface area contributed by atoms with Gasteiger partial charge in [0.1, 0.15) is 5.75 Å². The van der Waals surface area contributed by atoms with Crippen molar-refractivity contribution in [1.82, 2.24) is 9.55 Å². The van der Waals surface area contributed by atoms with Crippen LogP contribution in [0.3, 0.4) is 0 Å². The molecule has 0 aliphatic carbocycles. The van der Waals surface area contributed by atoms with E-state index in [9.17, 15) is 9.59 Å². The number of hydrogen-bond donors (Lipinski definition) is 1. The van der Waals surface area contributed by atoms with E-state index in [1.54, 1.807) is 25.4 Å². The Morgan fingerprint density at radius 1 is 1.12 bits per heavy atom. The summed E-state index contributed by atoms with van der Waals surface area (Å²) < 4.78 is 7.50. The Morgan fingerprint density at radius 2 is 1.88 bits per heavy atom. The van der Waals surface area contributed by atoms with Crippen molar-refractivity contribution in [3.8, 4) is 5.75 Å². The molecule has 1 N–H and O–H groups in total. The van der Waals surface area contributed by atoms with Gasteiger partial charge in [-0.1, -0.05) is 37.6 Å². The first kappa shape index (κ1) is 22.6. The summed E-state index contributed by atoms with van der Waals surface area (Å²) in [5.74, 6) is -0.710. The molecule has 0 aliphatic rings. The van der Waals surface area contributed by atoms with Gasteiger partial charge < -0.3 is 14.6 Å². The Hall–Kier alpha value is -3.64. The van der Waals surface area contributed by atoms with Gasteiger partial charge in [-0.05, 0) is 53.9 Å². The van der Waals surface area contributed by atoms with E-state index < -0.39 is 11.7 Å². The molecule has 0 spiro atoms. The summed E-state index contributed by atoms with van der Waals surface area (Å²) in [6.07, 6.45) is 3.10. The zero-order valence-electron chi connectivity index (χ0n) is 18.6. The Labute approximate surface area is 197 Å². The van der Waals surface area contributed by atoms with Crippen molar-refractivity contribution in [3.63, 3.8) is 0 Å². The maximum Gasteiger partial charge on any atom is 0.296 e. The highest BCUT2D eigenvalue weighted by Gasteiger charge is 2.29. The van der Waals surface area contributed by atoms with Gasteiger partial charge in [-0.3, -0.25) is 14.6 Å². The lowest BCUT2D eigenvalue weighted by molar-refractivity contribution is -0.112. The minimum absolute atomic E-state index is 0.0131.